The van der Waals surface area contributed by atoms with Crippen LogP contribution in [0, 0.1) is 6.92 Å². The second kappa shape index (κ2) is 6.85. The van der Waals surface area contributed by atoms with Gasteiger partial charge in [0.2, 0.25) is 5.89 Å². The van der Waals surface area contributed by atoms with Crippen molar-refractivity contribution in [1.29, 1.82) is 0 Å². The van der Waals surface area contributed by atoms with Gasteiger partial charge in [-0.25, -0.2) is 0 Å². The van der Waals surface area contributed by atoms with E-state index in [1.165, 1.54) is 12.8 Å². The van der Waals surface area contributed by atoms with Crippen LogP contribution in [0.1, 0.15) is 32.6 Å². The number of hydrogen-bond donors (Lipinski definition) is 1. The van der Waals surface area contributed by atoms with Gasteiger partial charge in [0, 0.05) is 18.7 Å². The average Bonchev–Trinajstić information content (AvgIpc) is 2.57. The molecule has 0 unspecified atom stereocenters. The van der Waals surface area contributed by atoms with Crippen LogP contribution in [0.15, 0.2) is 9.64 Å². The minimum Gasteiger partial charge on any atom is -0.416 e. The van der Waals surface area contributed by atoms with Gasteiger partial charge < -0.3 is 9.73 Å². The fourth-order valence-electron chi connectivity index (χ4n) is 1.11. The van der Waals surface area contributed by atoms with E-state index in [-0.39, 0.29) is 0 Å². The fraction of sp³-hybridized carbons (Fsp3) is 0.800. The molecule has 0 aliphatic heterocycles. The highest BCUT2D eigenvalue weighted by atomic mass is 32.2. The second-order valence-corrected chi connectivity index (χ2v) is 4.80. The zero-order chi connectivity index (χ0) is 11.1. The van der Waals surface area contributed by atoms with E-state index in [2.05, 4.69) is 29.4 Å². The first-order valence-corrected chi connectivity index (χ1v) is 6.33. The molecule has 1 N–H and O–H groups in total. The smallest absolute Gasteiger partial charge is 0.276 e. The Balaban J connectivity index is 1.98. The summed E-state index contributed by atoms with van der Waals surface area (Å²) in [7, 11) is 0. The standard InChI is InChI=1S/C10H19N3OS/c1-8(2)11-6-4-5-7-15-10-13-12-9(3)14-10/h8,11H,4-7H2,1-3H3. The van der Waals surface area contributed by atoms with Gasteiger partial charge in [0.1, 0.15) is 0 Å². The molecule has 5 heteroatoms. The zero-order valence-electron chi connectivity index (χ0n) is 9.62. The maximum atomic E-state index is 5.25. The van der Waals surface area contributed by atoms with Gasteiger partial charge in [0.25, 0.3) is 5.22 Å². The number of unbranched alkanes of at least 4 members (excludes halogenated alkanes) is 1. The van der Waals surface area contributed by atoms with Gasteiger partial charge >= 0.3 is 0 Å². The maximum Gasteiger partial charge on any atom is 0.276 e. The molecular formula is C10H19N3OS. The minimum absolute atomic E-state index is 0.580. The van der Waals surface area contributed by atoms with E-state index >= 15 is 0 Å². The summed E-state index contributed by atoms with van der Waals surface area (Å²) in [6.45, 7) is 7.22. The molecule has 0 fully saturated rings. The van der Waals surface area contributed by atoms with Crippen molar-refractivity contribution in [2.24, 2.45) is 0 Å². The number of nitrogens with one attached hydrogen (secondary N) is 1. The van der Waals surface area contributed by atoms with Crippen LogP contribution in [-0.2, 0) is 0 Å². The number of hydrogen-bond acceptors (Lipinski definition) is 5. The van der Waals surface area contributed by atoms with Gasteiger partial charge in [-0.15, -0.1) is 10.2 Å². The molecule has 0 aliphatic rings. The minimum atomic E-state index is 0.580. The lowest BCUT2D eigenvalue weighted by atomic mass is 10.3. The van der Waals surface area contributed by atoms with Crippen molar-refractivity contribution in [3.05, 3.63) is 5.89 Å². The third-order valence-corrected chi connectivity index (χ3v) is 2.76. The quantitative estimate of drug-likeness (QED) is 0.574. The summed E-state index contributed by atoms with van der Waals surface area (Å²) in [5, 5.41) is 11.8. The highest BCUT2D eigenvalue weighted by Gasteiger charge is 2.01. The highest BCUT2D eigenvalue weighted by Crippen LogP contribution is 2.16. The molecular weight excluding hydrogens is 210 g/mol. The Morgan fingerprint density at radius 1 is 1.33 bits per heavy atom. The van der Waals surface area contributed by atoms with E-state index in [1.54, 1.807) is 11.8 Å². The summed E-state index contributed by atoms with van der Waals surface area (Å²) >= 11 is 1.63. The van der Waals surface area contributed by atoms with Gasteiger partial charge in [-0.3, -0.25) is 0 Å². The first-order valence-electron chi connectivity index (χ1n) is 5.35. The van der Waals surface area contributed by atoms with Crippen LogP contribution >= 0.6 is 11.8 Å². The van der Waals surface area contributed by atoms with Crippen LogP contribution in [0.4, 0.5) is 0 Å². The number of aromatic nitrogens is 2. The molecule has 0 radical (unpaired) electrons. The molecule has 0 aliphatic carbocycles. The van der Waals surface area contributed by atoms with Crippen LogP contribution in [-0.4, -0.2) is 28.5 Å². The van der Waals surface area contributed by atoms with Gasteiger partial charge in [-0.1, -0.05) is 25.6 Å². The number of aryl methyl sites for hydroxylation is 1. The molecule has 0 atom stereocenters. The van der Waals surface area contributed by atoms with Crippen LogP contribution in [0.5, 0.6) is 0 Å². The molecule has 4 nitrogen and oxygen atoms in total. The van der Waals surface area contributed by atoms with Crippen molar-refractivity contribution in [3.63, 3.8) is 0 Å². The molecule has 0 aromatic carbocycles. The second-order valence-electron chi connectivity index (χ2n) is 3.75. The Kier molecular flexibility index (Phi) is 5.71. The molecule has 0 saturated carbocycles. The van der Waals surface area contributed by atoms with Gasteiger partial charge in [0.05, 0.1) is 0 Å². The Labute approximate surface area is 95.2 Å². The molecule has 0 saturated heterocycles. The van der Waals surface area contributed by atoms with Crippen molar-refractivity contribution >= 4 is 11.8 Å². The van der Waals surface area contributed by atoms with E-state index in [1.807, 2.05) is 6.92 Å². The fourth-order valence-corrected chi connectivity index (χ4v) is 1.92. The Hall–Kier alpha value is -0.550. The van der Waals surface area contributed by atoms with Crippen LogP contribution in [0.3, 0.4) is 0 Å². The molecule has 1 aromatic heterocycles. The Bertz CT molecular complexity index is 275. The SMILES string of the molecule is Cc1nnc(SCCCCNC(C)C)o1. The number of rotatable bonds is 7. The van der Waals surface area contributed by atoms with Crippen molar-refractivity contribution in [2.75, 3.05) is 12.3 Å². The monoisotopic (exact) mass is 229 g/mol. The van der Waals surface area contributed by atoms with Gasteiger partial charge in [-0.2, -0.15) is 0 Å². The van der Waals surface area contributed by atoms with E-state index < -0.39 is 0 Å². The number of nitrogens with zero attached hydrogens (tertiary/aromatic N) is 2. The van der Waals surface area contributed by atoms with Crippen molar-refractivity contribution < 1.29 is 4.42 Å². The van der Waals surface area contributed by atoms with Crippen LogP contribution in [0.25, 0.3) is 0 Å². The van der Waals surface area contributed by atoms with E-state index in [0.717, 1.165) is 12.3 Å². The molecule has 15 heavy (non-hydrogen) atoms. The highest BCUT2D eigenvalue weighted by molar-refractivity contribution is 7.99. The zero-order valence-corrected chi connectivity index (χ0v) is 10.4. The van der Waals surface area contributed by atoms with E-state index in [0.29, 0.717) is 17.2 Å². The van der Waals surface area contributed by atoms with Crippen molar-refractivity contribution in [1.82, 2.24) is 15.5 Å². The van der Waals surface area contributed by atoms with E-state index in [9.17, 15) is 0 Å². The first-order chi connectivity index (χ1) is 7.18. The molecule has 0 amide bonds. The summed E-state index contributed by atoms with van der Waals surface area (Å²) in [6, 6.07) is 0.580. The maximum absolute atomic E-state index is 5.25. The van der Waals surface area contributed by atoms with Crippen LogP contribution in [0.2, 0.25) is 0 Å². The lowest BCUT2D eigenvalue weighted by Gasteiger charge is -2.06. The molecule has 0 bridgehead atoms. The normalized spacial score (nSPS) is 11.2. The first kappa shape index (κ1) is 12.5. The third kappa shape index (κ3) is 5.79. The largest absolute Gasteiger partial charge is 0.416 e. The van der Waals surface area contributed by atoms with Crippen molar-refractivity contribution in [3.8, 4) is 0 Å². The lowest BCUT2D eigenvalue weighted by Crippen LogP contribution is -2.23. The molecule has 1 rings (SSSR count). The summed E-state index contributed by atoms with van der Waals surface area (Å²) in [5.41, 5.74) is 0. The predicted octanol–water partition coefficient (Wildman–Crippen LogP) is 2.25. The number of thioether (sulfide) groups is 1. The molecule has 1 aromatic rings. The third-order valence-electron chi connectivity index (χ3n) is 1.86. The molecule has 0 spiro atoms. The Morgan fingerprint density at radius 2 is 2.13 bits per heavy atom. The molecule has 1 heterocycles. The summed E-state index contributed by atoms with van der Waals surface area (Å²) in [5.74, 6) is 1.68. The summed E-state index contributed by atoms with van der Waals surface area (Å²) in [6.07, 6.45) is 2.37. The molecule has 86 valence electrons. The predicted molar refractivity (Wildman–Crippen MR) is 62.1 cm³/mol. The average molecular weight is 229 g/mol. The van der Waals surface area contributed by atoms with Gasteiger partial charge in [-0.05, 0) is 19.4 Å². The summed E-state index contributed by atoms with van der Waals surface area (Å²) < 4.78 is 5.25. The van der Waals surface area contributed by atoms with Crippen LogP contribution < -0.4 is 5.32 Å². The van der Waals surface area contributed by atoms with E-state index in [4.69, 9.17) is 4.42 Å². The lowest BCUT2D eigenvalue weighted by molar-refractivity contribution is 0.429. The summed E-state index contributed by atoms with van der Waals surface area (Å²) in [4.78, 5) is 0. The topological polar surface area (TPSA) is 51.0 Å². The van der Waals surface area contributed by atoms with Gasteiger partial charge in [0.15, 0.2) is 0 Å². The Morgan fingerprint density at radius 3 is 2.73 bits per heavy atom. The van der Waals surface area contributed by atoms with Crippen molar-refractivity contribution in [2.45, 2.75) is 44.9 Å².